The fraction of sp³-hybridized carbons (Fsp3) is 0.522. The van der Waals surface area contributed by atoms with Crippen molar-refractivity contribution in [2.75, 3.05) is 26.2 Å². The monoisotopic (exact) mass is 461 g/mol. The number of carbonyl (C=O) groups excluding carboxylic acids is 2. The molecule has 1 spiro atoms. The van der Waals surface area contributed by atoms with Crippen LogP contribution in [0.3, 0.4) is 0 Å². The van der Waals surface area contributed by atoms with Crippen molar-refractivity contribution in [3.63, 3.8) is 0 Å². The van der Waals surface area contributed by atoms with Gasteiger partial charge < -0.3 is 15.0 Å². The first-order valence-electron chi connectivity index (χ1n) is 10.9. The molecule has 2 aromatic rings. The van der Waals surface area contributed by atoms with Crippen LogP contribution in [0, 0.1) is 12.3 Å². The van der Waals surface area contributed by atoms with Crippen molar-refractivity contribution in [1.29, 1.82) is 0 Å². The van der Waals surface area contributed by atoms with Crippen molar-refractivity contribution >= 4 is 34.8 Å². The third kappa shape index (κ3) is 5.04. The maximum atomic E-state index is 13.1. The molecule has 2 aliphatic heterocycles. The minimum Gasteiger partial charge on any atom is -0.493 e. The molecule has 1 saturated heterocycles. The van der Waals surface area contributed by atoms with E-state index < -0.39 is 0 Å². The van der Waals surface area contributed by atoms with Gasteiger partial charge in [-0.1, -0.05) is 24.4 Å². The number of hydrogen-bond acceptors (Lipinski definition) is 5. The lowest BCUT2D eigenvalue weighted by atomic mass is 9.75. The van der Waals surface area contributed by atoms with Crippen LogP contribution >= 0.6 is 22.9 Å². The van der Waals surface area contributed by atoms with Crippen LogP contribution < -0.4 is 10.1 Å². The topological polar surface area (TPSA) is 71.5 Å². The summed E-state index contributed by atoms with van der Waals surface area (Å²) in [6.07, 6.45) is 5.95. The predicted octanol–water partition coefficient (Wildman–Crippen LogP) is 4.71. The highest BCUT2D eigenvalue weighted by Gasteiger charge is 2.38. The molecule has 8 heteroatoms. The van der Waals surface area contributed by atoms with E-state index in [-0.39, 0.29) is 17.2 Å². The third-order valence-electron chi connectivity index (χ3n) is 6.31. The molecule has 1 aromatic carbocycles. The molecule has 0 radical (unpaired) electrons. The summed E-state index contributed by atoms with van der Waals surface area (Å²) in [6.45, 7) is 4.39. The van der Waals surface area contributed by atoms with Gasteiger partial charge in [0.15, 0.2) is 0 Å². The van der Waals surface area contributed by atoms with Gasteiger partial charge in [-0.05, 0) is 50.8 Å². The quantitative estimate of drug-likeness (QED) is 0.667. The second kappa shape index (κ2) is 9.57. The molecule has 166 valence electrons. The molecular formula is C23H28ClN3O3S. The third-order valence-corrected chi connectivity index (χ3v) is 7.46. The van der Waals surface area contributed by atoms with Gasteiger partial charge in [0, 0.05) is 30.1 Å². The van der Waals surface area contributed by atoms with E-state index in [4.69, 9.17) is 16.3 Å². The molecule has 2 aliphatic rings. The Morgan fingerprint density at radius 2 is 2.10 bits per heavy atom. The first-order chi connectivity index (χ1) is 15.0. The number of nitrogens with zero attached hydrogens (tertiary/aromatic N) is 2. The van der Waals surface area contributed by atoms with Gasteiger partial charge in [-0.3, -0.25) is 9.59 Å². The molecule has 1 aromatic heterocycles. The number of carbonyl (C=O) groups is 2. The fourth-order valence-corrected chi connectivity index (χ4v) is 5.54. The smallest absolute Gasteiger partial charge is 0.265 e. The average molecular weight is 462 g/mol. The summed E-state index contributed by atoms with van der Waals surface area (Å²) >= 11 is 7.54. The van der Waals surface area contributed by atoms with Crippen LogP contribution in [0.5, 0.6) is 5.75 Å². The van der Waals surface area contributed by atoms with Crippen LogP contribution in [0.2, 0.25) is 5.02 Å². The van der Waals surface area contributed by atoms with Crippen molar-refractivity contribution in [3.8, 4) is 5.75 Å². The lowest BCUT2D eigenvalue weighted by Crippen LogP contribution is -2.51. The molecule has 0 saturated carbocycles. The number of benzene rings is 1. The van der Waals surface area contributed by atoms with Crippen LogP contribution in [0.15, 0.2) is 23.7 Å². The number of aromatic nitrogens is 1. The molecule has 1 unspecified atom stereocenters. The zero-order chi connectivity index (χ0) is 21.8. The zero-order valence-electron chi connectivity index (χ0n) is 17.8. The van der Waals surface area contributed by atoms with Crippen LogP contribution in [0.4, 0.5) is 0 Å². The van der Waals surface area contributed by atoms with Crippen molar-refractivity contribution in [3.05, 3.63) is 44.9 Å². The number of aryl methyl sites for hydroxylation is 1. The normalized spacial score (nSPS) is 22.6. The van der Waals surface area contributed by atoms with Gasteiger partial charge >= 0.3 is 0 Å². The summed E-state index contributed by atoms with van der Waals surface area (Å²) in [5.74, 6) is 0.443. The predicted molar refractivity (Wildman–Crippen MR) is 122 cm³/mol. The van der Waals surface area contributed by atoms with Gasteiger partial charge in [0.2, 0.25) is 0 Å². The molecule has 1 atom stereocenters. The molecule has 0 bridgehead atoms. The summed E-state index contributed by atoms with van der Waals surface area (Å²) in [5, 5.41) is 3.63. The van der Waals surface area contributed by atoms with Gasteiger partial charge in [-0.2, -0.15) is 0 Å². The minimum atomic E-state index is -0.181. The lowest BCUT2D eigenvalue weighted by Gasteiger charge is -2.43. The van der Waals surface area contributed by atoms with E-state index in [0.29, 0.717) is 36.0 Å². The second-order valence-corrected chi connectivity index (χ2v) is 9.87. The van der Waals surface area contributed by atoms with Gasteiger partial charge in [-0.15, -0.1) is 11.3 Å². The number of rotatable bonds is 1. The van der Waals surface area contributed by atoms with E-state index in [0.717, 1.165) is 55.6 Å². The number of halogens is 1. The molecule has 4 rings (SSSR count). The highest BCUT2D eigenvalue weighted by atomic mass is 35.5. The SMILES string of the molecule is Cc1ncsc1C(=O)N1CCCC2(CCCCCOc3ccc(Cl)cc3C(=O)NC2)C1. The van der Waals surface area contributed by atoms with E-state index in [2.05, 4.69) is 10.3 Å². The number of piperidine rings is 1. The lowest BCUT2D eigenvalue weighted by molar-refractivity contribution is 0.0472. The molecule has 31 heavy (non-hydrogen) atoms. The van der Waals surface area contributed by atoms with Gasteiger partial charge in [0.05, 0.1) is 23.4 Å². The Hall–Kier alpha value is -2.12. The highest BCUT2D eigenvalue weighted by molar-refractivity contribution is 7.11. The number of likely N-dealkylation sites (tertiary alicyclic amines) is 1. The maximum Gasteiger partial charge on any atom is 0.265 e. The number of fused-ring (bicyclic) bond motifs is 1. The zero-order valence-corrected chi connectivity index (χ0v) is 19.4. The van der Waals surface area contributed by atoms with E-state index in [1.165, 1.54) is 11.3 Å². The van der Waals surface area contributed by atoms with Crippen molar-refractivity contribution in [2.24, 2.45) is 5.41 Å². The Bertz CT molecular complexity index is 963. The van der Waals surface area contributed by atoms with E-state index in [1.807, 2.05) is 11.8 Å². The van der Waals surface area contributed by atoms with Crippen LogP contribution in [-0.2, 0) is 0 Å². The first kappa shape index (κ1) is 22.1. The molecule has 3 heterocycles. The summed E-state index contributed by atoms with van der Waals surface area (Å²) in [5.41, 5.74) is 2.85. The van der Waals surface area contributed by atoms with E-state index in [1.54, 1.807) is 23.7 Å². The maximum absolute atomic E-state index is 13.1. The number of ether oxygens (including phenoxy) is 1. The van der Waals surface area contributed by atoms with Crippen molar-refractivity contribution in [1.82, 2.24) is 15.2 Å². The average Bonchev–Trinajstić information content (AvgIpc) is 3.20. The highest BCUT2D eigenvalue weighted by Crippen LogP contribution is 2.36. The van der Waals surface area contributed by atoms with E-state index in [9.17, 15) is 9.59 Å². The summed E-state index contributed by atoms with van der Waals surface area (Å²) in [7, 11) is 0. The molecule has 1 N–H and O–H groups in total. The number of hydrogen-bond donors (Lipinski definition) is 1. The number of amides is 2. The van der Waals surface area contributed by atoms with Crippen molar-refractivity contribution < 1.29 is 14.3 Å². The standard InChI is InChI=1S/C23H28ClN3O3S/c1-16-20(31-15-26-16)22(29)27-10-5-9-23(14-27)8-3-2-4-11-30-19-7-6-17(24)12-18(19)21(28)25-13-23/h6-7,12,15H,2-5,8-11,13-14H2,1H3,(H,25,28). The van der Waals surface area contributed by atoms with Crippen LogP contribution in [-0.4, -0.2) is 47.9 Å². The van der Waals surface area contributed by atoms with Gasteiger partial charge in [0.25, 0.3) is 11.8 Å². The Kier molecular flexibility index (Phi) is 6.82. The van der Waals surface area contributed by atoms with Crippen LogP contribution in [0.25, 0.3) is 0 Å². The summed E-state index contributed by atoms with van der Waals surface area (Å²) < 4.78 is 5.85. The molecular weight excluding hydrogens is 434 g/mol. The van der Waals surface area contributed by atoms with Crippen LogP contribution in [0.1, 0.15) is 64.2 Å². The Labute approximate surface area is 191 Å². The molecule has 0 aliphatic carbocycles. The Balaban J connectivity index is 1.55. The number of nitrogens with one attached hydrogen (secondary N) is 1. The second-order valence-electron chi connectivity index (χ2n) is 8.58. The Morgan fingerprint density at radius 1 is 1.26 bits per heavy atom. The largest absolute Gasteiger partial charge is 0.493 e. The van der Waals surface area contributed by atoms with Gasteiger partial charge in [0.1, 0.15) is 10.6 Å². The molecule has 6 nitrogen and oxygen atoms in total. The van der Waals surface area contributed by atoms with Crippen molar-refractivity contribution in [2.45, 2.75) is 45.4 Å². The first-order valence-corrected chi connectivity index (χ1v) is 12.1. The summed E-state index contributed by atoms with van der Waals surface area (Å²) in [6, 6.07) is 5.16. The summed E-state index contributed by atoms with van der Waals surface area (Å²) in [4.78, 5) is 33.0. The molecule has 1 fully saturated rings. The molecule has 2 amide bonds. The Morgan fingerprint density at radius 3 is 2.90 bits per heavy atom. The minimum absolute atomic E-state index is 0.0574. The van der Waals surface area contributed by atoms with Gasteiger partial charge in [-0.25, -0.2) is 4.98 Å². The fourth-order valence-electron chi connectivity index (χ4n) is 4.60. The van der Waals surface area contributed by atoms with E-state index >= 15 is 0 Å². The number of thiazole rings is 1.